The molecule has 2 aromatic heterocycles. The third-order valence-corrected chi connectivity index (χ3v) is 6.58. The summed E-state index contributed by atoms with van der Waals surface area (Å²) in [5.41, 5.74) is 4.77. The molecule has 0 radical (unpaired) electrons. The molecule has 1 aliphatic carbocycles. The monoisotopic (exact) mass is 410 g/mol. The van der Waals surface area contributed by atoms with Crippen LogP contribution in [-0.4, -0.2) is 36.5 Å². The largest absolute Gasteiger partial charge is 0.295 e. The summed E-state index contributed by atoms with van der Waals surface area (Å²) in [5, 5.41) is 14.7. The number of fused-ring (bicyclic) bond motifs is 3. The summed E-state index contributed by atoms with van der Waals surface area (Å²) in [6.07, 6.45) is 4.48. The summed E-state index contributed by atoms with van der Waals surface area (Å²) in [6.45, 7) is 5.88. The lowest BCUT2D eigenvalue weighted by Gasteiger charge is -2.29. The predicted molar refractivity (Wildman–Crippen MR) is 113 cm³/mol. The number of hydrogen-bond acceptors (Lipinski definition) is 4. The fourth-order valence-corrected chi connectivity index (χ4v) is 5.24. The van der Waals surface area contributed by atoms with Gasteiger partial charge in [0.15, 0.2) is 5.82 Å². The number of halogens is 1. The van der Waals surface area contributed by atoms with Gasteiger partial charge in [0.1, 0.15) is 5.82 Å². The molecule has 3 aromatic rings. The van der Waals surface area contributed by atoms with Gasteiger partial charge in [0.2, 0.25) is 0 Å². The SMILES string of the molecule is Cc1cc(C)n(C2CCC(c3nnc4n3-c3ccc(Cl)cc3CN(C)C4)CC2)n1. The van der Waals surface area contributed by atoms with Crippen LogP contribution in [0.4, 0.5) is 0 Å². The molecule has 0 bridgehead atoms. The maximum Gasteiger partial charge on any atom is 0.151 e. The maximum absolute atomic E-state index is 6.29. The molecular weight excluding hydrogens is 384 g/mol. The molecule has 0 spiro atoms. The standard InChI is InChI=1S/C22H27ClN6/c1-14-10-15(2)29(26-14)19-7-4-16(5-8-19)22-25-24-21-13-27(3)12-17-11-18(23)6-9-20(17)28(21)22/h6,9-11,16,19H,4-5,7-8,12-13H2,1-3H3. The number of aryl methyl sites for hydroxylation is 2. The predicted octanol–water partition coefficient (Wildman–Crippen LogP) is 4.58. The van der Waals surface area contributed by atoms with E-state index in [4.69, 9.17) is 16.7 Å². The first-order chi connectivity index (χ1) is 14.0. The van der Waals surface area contributed by atoms with Crippen molar-refractivity contribution in [2.75, 3.05) is 7.05 Å². The summed E-state index contributed by atoms with van der Waals surface area (Å²) in [4.78, 5) is 2.27. The van der Waals surface area contributed by atoms with Crippen molar-refractivity contribution in [2.24, 2.45) is 0 Å². The van der Waals surface area contributed by atoms with Gasteiger partial charge in [-0.15, -0.1) is 10.2 Å². The van der Waals surface area contributed by atoms with Gasteiger partial charge in [-0.1, -0.05) is 11.6 Å². The number of hydrogen-bond donors (Lipinski definition) is 0. The van der Waals surface area contributed by atoms with Gasteiger partial charge in [-0.25, -0.2) is 0 Å². The first-order valence-electron chi connectivity index (χ1n) is 10.4. The van der Waals surface area contributed by atoms with Gasteiger partial charge in [-0.3, -0.25) is 14.1 Å². The van der Waals surface area contributed by atoms with Crippen LogP contribution in [-0.2, 0) is 13.1 Å². The molecule has 1 aliphatic heterocycles. The fourth-order valence-electron chi connectivity index (χ4n) is 5.04. The zero-order valence-electron chi connectivity index (χ0n) is 17.3. The average molecular weight is 411 g/mol. The number of benzene rings is 1. The van der Waals surface area contributed by atoms with E-state index < -0.39 is 0 Å². The second kappa shape index (κ2) is 7.26. The van der Waals surface area contributed by atoms with E-state index >= 15 is 0 Å². The quantitative estimate of drug-likeness (QED) is 0.620. The van der Waals surface area contributed by atoms with E-state index in [9.17, 15) is 0 Å². The second-order valence-corrected chi connectivity index (χ2v) is 9.07. The normalized spacial score (nSPS) is 22.2. The summed E-state index contributed by atoms with van der Waals surface area (Å²) in [6, 6.07) is 8.83. The third kappa shape index (κ3) is 3.38. The minimum Gasteiger partial charge on any atom is -0.295 e. The van der Waals surface area contributed by atoms with Crippen LogP contribution in [0.2, 0.25) is 5.02 Å². The van der Waals surface area contributed by atoms with Crippen molar-refractivity contribution in [1.82, 2.24) is 29.4 Å². The van der Waals surface area contributed by atoms with Crippen LogP contribution in [0.5, 0.6) is 0 Å². The van der Waals surface area contributed by atoms with E-state index in [1.807, 2.05) is 6.07 Å². The molecule has 3 heterocycles. The van der Waals surface area contributed by atoms with Crippen LogP contribution < -0.4 is 0 Å². The molecule has 2 aliphatic rings. The molecule has 1 saturated carbocycles. The van der Waals surface area contributed by atoms with Crippen LogP contribution in [0.1, 0.15) is 66.2 Å². The minimum absolute atomic E-state index is 0.427. The highest BCUT2D eigenvalue weighted by atomic mass is 35.5. The summed E-state index contributed by atoms with van der Waals surface area (Å²) in [7, 11) is 2.12. The van der Waals surface area contributed by atoms with Crippen molar-refractivity contribution in [2.45, 2.75) is 64.6 Å². The van der Waals surface area contributed by atoms with Gasteiger partial charge in [-0.2, -0.15) is 5.10 Å². The molecule has 1 fully saturated rings. The summed E-state index contributed by atoms with van der Waals surface area (Å²) >= 11 is 6.29. The fraction of sp³-hybridized carbons (Fsp3) is 0.500. The summed E-state index contributed by atoms with van der Waals surface area (Å²) in [5.74, 6) is 2.55. The van der Waals surface area contributed by atoms with Crippen LogP contribution >= 0.6 is 11.6 Å². The van der Waals surface area contributed by atoms with Crippen LogP contribution in [0.15, 0.2) is 24.3 Å². The van der Waals surface area contributed by atoms with Crippen molar-refractivity contribution in [1.29, 1.82) is 0 Å². The van der Waals surface area contributed by atoms with E-state index in [1.165, 1.54) is 16.9 Å². The van der Waals surface area contributed by atoms with Crippen molar-refractivity contribution in [3.8, 4) is 5.69 Å². The Balaban J connectivity index is 1.45. The highest BCUT2D eigenvalue weighted by Crippen LogP contribution is 2.39. The Bertz CT molecular complexity index is 1040. The van der Waals surface area contributed by atoms with E-state index in [0.717, 1.165) is 61.1 Å². The molecule has 0 unspecified atom stereocenters. The van der Waals surface area contributed by atoms with Gasteiger partial charge in [0.05, 0.1) is 24.0 Å². The van der Waals surface area contributed by atoms with Crippen molar-refractivity contribution < 1.29 is 0 Å². The van der Waals surface area contributed by atoms with E-state index in [1.54, 1.807) is 0 Å². The molecule has 0 atom stereocenters. The molecule has 152 valence electrons. The second-order valence-electron chi connectivity index (χ2n) is 8.63. The van der Waals surface area contributed by atoms with Gasteiger partial charge in [0.25, 0.3) is 0 Å². The zero-order chi connectivity index (χ0) is 20.1. The lowest BCUT2D eigenvalue weighted by Crippen LogP contribution is -2.21. The van der Waals surface area contributed by atoms with Crippen LogP contribution in [0.25, 0.3) is 5.69 Å². The Morgan fingerprint density at radius 2 is 1.79 bits per heavy atom. The maximum atomic E-state index is 6.29. The molecule has 1 aromatic carbocycles. The smallest absolute Gasteiger partial charge is 0.151 e. The Labute approximate surface area is 176 Å². The molecular formula is C22H27ClN6. The Kier molecular flexibility index (Phi) is 4.71. The van der Waals surface area contributed by atoms with E-state index in [2.05, 4.69) is 63.4 Å². The van der Waals surface area contributed by atoms with Gasteiger partial charge in [0, 0.05) is 23.2 Å². The summed E-state index contributed by atoms with van der Waals surface area (Å²) < 4.78 is 4.52. The molecule has 29 heavy (non-hydrogen) atoms. The number of aromatic nitrogens is 5. The number of rotatable bonds is 2. The topological polar surface area (TPSA) is 51.8 Å². The van der Waals surface area contributed by atoms with Gasteiger partial charge >= 0.3 is 0 Å². The van der Waals surface area contributed by atoms with E-state index in [-0.39, 0.29) is 0 Å². The Hall–Kier alpha value is -2.18. The van der Waals surface area contributed by atoms with Crippen LogP contribution in [0.3, 0.4) is 0 Å². The molecule has 0 N–H and O–H groups in total. The molecule has 5 rings (SSSR count). The molecule has 0 amide bonds. The van der Waals surface area contributed by atoms with Crippen LogP contribution in [0, 0.1) is 13.8 Å². The Morgan fingerprint density at radius 1 is 1.00 bits per heavy atom. The minimum atomic E-state index is 0.427. The van der Waals surface area contributed by atoms with Crippen molar-refractivity contribution in [3.63, 3.8) is 0 Å². The number of nitrogens with zero attached hydrogens (tertiary/aromatic N) is 6. The average Bonchev–Trinajstić information content (AvgIpc) is 3.21. The molecule has 6 nitrogen and oxygen atoms in total. The lowest BCUT2D eigenvalue weighted by atomic mass is 9.85. The Morgan fingerprint density at radius 3 is 2.52 bits per heavy atom. The molecule has 0 saturated heterocycles. The van der Waals surface area contributed by atoms with Gasteiger partial charge in [-0.05, 0) is 76.4 Å². The zero-order valence-corrected chi connectivity index (χ0v) is 18.0. The van der Waals surface area contributed by atoms with Crippen molar-refractivity contribution >= 4 is 11.6 Å². The van der Waals surface area contributed by atoms with Gasteiger partial charge < -0.3 is 0 Å². The van der Waals surface area contributed by atoms with E-state index in [0.29, 0.717) is 12.0 Å². The highest BCUT2D eigenvalue weighted by Gasteiger charge is 2.31. The van der Waals surface area contributed by atoms with Crippen molar-refractivity contribution in [3.05, 3.63) is 57.9 Å². The third-order valence-electron chi connectivity index (χ3n) is 6.34. The first kappa shape index (κ1) is 18.8. The lowest BCUT2D eigenvalue weighted by molar-refractivity contribution is 0.292. The molecule has 7 heteroatoms. The first-order valence-corrected chi connectivity index (χ1v) is 10.8. The highest BCUT2D eigenvalue weighted by molar-refractivity contribution is 6.30.